The smallest absolute Gasteiger partial charge is 0.416 e. The molecule has 2 aliphatic rings. The van der Waals surface area contributed by atoms with E-state index < -0.39 is 72.6 Å². The molecule has 0 saturated heterocycles. The predicted molar refractivity (Wildman–Crippen MR) is 184 cm³/mol. The van der Waals surface area contributed by atoms with Crippen LogP contribution in [-0.4, -0.2) is 60.8 Å². The summed E-state index contributed by atoms with van der Waals surface area (Å²) in [5.74, 6) is -3.41. The van der Waals surface area contributed by atoms with Gasteiger partial charge in [-0.3, -0.25) is 24.0 Å². The first kappa shape index (κ1) is 39.8. The maximum absolute atomic E-state index is 13.1. The minimum Gasteiger partial charge on any atom is -0.484 e. The van der Waals surface area contributed by atoms with Gasteiger partial charge in [0.2, 0.25) is 23.6 Å². The molecule has 0 aromatic heterocycles. The van der Waals surface area contributed by atoms with Crippen LogP contribution in [0.15, 0.2) is 91.0 Å². The topological polar surface area (TPSA) is 169 Å². The van der Waals surface area contributed by atoms with Crippen LogP contribution in [0.2, 0.25) is 0 Å². The molecule has 0 fully saturated rings. The summed E-state index contributed by atoms with van der Waals surface area (Å²) in [6.07, 6.45) is -4.18. The van der Waals surface area contributed by atoms with Gasteiger partial charge in [-0.25, -0.2) is 0 Å². The van der Waals surface area contributed by atoms with Gasteiger partial charge in [-0.2, -0.15) is 13.2 Å². The highest BCUT2D eigenvalue weighted by Crippen LogP contribution is 2.29. The first-order valence-corrected chi connectivity index (χ1v) is 16.1. The van der Waals surface area contributed by atoms with Crippen LogP contribution < -0.4 is 31.7 Å². The molecule has 2 aliphatic heterocycles. The van der Waals surface area contributed by atoms with Gasteiger partial charge in [-0.05, 0) is 62.1 Å². The highest BCUT2D eigenvalue weighted by Gasteiger charge is 2.31. The van der Waals surface area contributed by atoms with E-state index in [4.69, 9.17) is 10.5 Å². The Morgan fingerprint density at radius 3 is 2.04 bits per heavy atom. The largest absolute Gasteiger partial charge is 0.484 e. The van der Waals surface area contributed by atoms with Crippen LogP contribution >= 0.6 is 0 Å². The molecular weight excluding hydrogens is 667 g/mol. The number of halogens is 3. The van der Waals surface area contributed by atoms with Crippen molar-refractivity contribution in [3.63, 3.8) is 0 Å². The molecule has 0 unspecified atom stereocenters. The van der Waals surface area contributed by atoms with Gasteiger partial charge in [0.1, 0.15) is 23.9 Å². The maximum atomic E-state index is 13.1. The van der Waals surface area contributed by atoms with Crippen molar-refractivity contribution in [2.24, 2.45) is 5.73 Å². The van der Waals surface area contributed by atoms with E-state index in [-0.39, 0.29) is 19.3 Å². The zero-order valence-corrected chi connectivity index (χ0v) is 28.3. The number of rotatable bonds is 6. The Kier molecular flexibility index (Phi) is 14.8. The predicted octanol–water partition coefficient (Wildman–Crippen LogP) is 3.29. The molecule has 2 heterocycles. The van der Waals surface area contributed by atoms with Crippen LogP contribution in [0.4, 0.5) is 13.2 Å². The van der Waals surface area contributed by atoms with Crippen LogP contribution in [0.5, 0.6) is 5.75 Å². The number of carbonyl (C=O) groups excluding carboxylic acids is 5. The van der Waals surface area contributed by atoms with Crippen molar-refractivity contribution < 1.29 is 41.9 Å². The van der Waals surface area contributed by atoms with Crippen LogP contribution in [0.1, 0.15) is 42.0 Å². The molecule has 0 saturated carbocycles. The van der Waals surface area contributed by atoms with Crippen molar-refractivity contribution in [2.75, 3.05) is 13.2 Å². The molecule has 3 aromatic carbocycles. The van der Waals surface area contributed by atoms with Crippen molar-refractivity contribution in [2.45, 2.75) is 63.8 Å². The van der Waals surface area contributed by atoms with E-state index in [0.717, 1.165) is 17.7 Å². The van der Waals surface area contributed by atoms with Gasteiger partial charge in [-0.1, -0.05) is 65.7 Å². The molecule has 14 heteroatoms. The summed E-state index contributed by atoms with van der Waals surface area (Å²) in [4.78, 5) is 63.8. The number of carbonyl (C=O) groups is 5. The molecule has 0 aliphatic carbocycles. The Balaban J connectivity index is 0.000000892. The molecule has 0 spiro atoms. The Morgan fingerprint density at radius 1 is 0.863 bits per heavy atom. The number of nitrogens with one attached hydrogen (secondary N) is 4. The van der Waals surface area contributed by atoms with Crippen molar-refractivity contribution in [1.29, 1.82) is 0 Å². The summed E-state index contributed by atoms with van der Waals surface area (Å²) >= 11 is 0. The lowest BCUT2D eigenvalue weighted by Gasteiger charge is -2.23. The molecule has 3 aromatic rings. The molecule has 11 nitrogen and oxygen atoms in total. The summed E-state index contributed by atoms with van der Waals surface area (Å²) in [5, 5.41) is 9.98. The Bertz CT molecular complexity index is 1660. The minimum atomic E-state index is -4.55. The number of benzene rings is 3. The first-order chi connectivity index (χ1) is 24.1. The number of amides is 5. The van der Waals surface area contributed by atoms with Gasteiger partial charge in [0.05, 0.1) is 12.1 Å². The number of alkyl halides is 3. The highest BCUT2D eigenvalue weighted by molar-refractivity contribution is 5.94. The standard InChI is InChI=1S/C30H34F3N5O6.C7H8/c1-17(2)3-12-22-29(43)38-23(27(34)41)13-19-6-10-21(11-7-19)44-16-26(40)37-24(28(42)35-15-25(39)36-22)14-18-4-8-20(9-5-18)30(31,32)33;1-7-5-3-2-4-6-7/h4-11,22-24H,1,3,12-16H2,2H3,(H2,34,41)(H,35,42)(H,36,39)(H,37,40)(H,38,43);2-6H,1H3/t22-,23+,24-;/m1./s1. The second-order valence-corrected chi connectivity index (χ2v) is 12.1. The van der Waals surface area contributed by atoms with Gasteiger partial charge in [0, 0.05) is 12.8 Å². The molecule has 6 N–H and O–H groups in total. The van der Waals surface area contributed by atoms with Crippen LogP contribution in [0.25, 0.3) is 0 Å². The van der Waals surface area contributed by atoms with E-state index in [0.29, 0.717) is 23.3 Å². The quantitative estimate of drug-likeness (QED) is 0.195. The van der Waals surface area contributed by atoms with E-state index in [1.807, 2.05) is 18.2 Å². The van der Waals surface area contributed by atoms with Gasteiger partial charge in [0.15, 0.2) is 6.61 Å². The normalized spacial score (nSPS) is 18.9. The highest BCUT2D eigenvalue weighted by atomic mass is 19.4. The van der Waals surface area contributed by atoms with Gasteiger partial charge in [-0.15, -0.1) is 6.58 Å². The fourth-order valence-corrected chi connectivity index (χ4v) is 4.84. The number of hydrogen-bond donors (Lipinski definition) is 5. The summed E-state index contributed by atoms with van der Waals surface area (Å²) in [5.41, 5.74) is 7.66. The number of hydrogen-bond acceptors (Lipinski definition) is 6. The van der Waals surface area contributed by atoms with Crippen LogP contribution in [-0.2, 0) is 43.0 Å². The van der Waals surface area contributed by atoms with Crippen molar-refractivity contribution in [3.05, 3.63) is 113 Å². The van der Waals surface area contributed by atoms with Gasteiger partial charge >= 0.3 is 6.18 Å². The SMILES string of the molecule is C=C(C)CC[C@H]1NC(=O)CNC(=O)[C@@H](Cc2ccc(C(F)(F)F)cc2)NC(=O)COc2ccc(cc2)C[C@@H](C(N)=O)NC1=O.Cc1ccccc1. The number of nitrogens with two attached hydrogens (primary N) is 1. The second kappa shape index (κ2) is 18.9. The van der Waals surface area contributed by atoms with Crippen LogP contribution in [0, 0.1) is 6.92 Å². The molecular formula is C37H42F3N5O6. The third-order valence-electron chi connectivity index (χ3n) is 7.64. The summed E-state index contributed by atoms with van der Waals surface area (Å²) in [7, 11) is 0. The van der Waals surface area contributed by atoms with Gasteiger partial charge < -0.3 is 31.7 Å². The fraction of sp³-hybridized carbons (Fsp3) is 0.324. The van der Waals surface area contributed by atoms with Crippen molar-refractivity contribution in [3.8, 4) is 5.75 Å². The number of aryl methyl sites for hydroxylation is 1. The third kappa shape index (κ3) is 14.0. The number of primary amides is 1. The number of fused-ring (bicyclic) bond motifs is 16. The summed E-state index contributed by atoms with van der Waals surface area (Å²) in [6, 6.07) is 17.2. The molecule has 2 bridgehead atoms. The van der Waals surface area contributed by atoms with E-state index in [2.05, 4.69) is 46.9 Å². The lowest BCUT2D eigenvalue weighted by Crippen LogP contribution is -2.55. The Morgan fingerprint density at radius 2 is 1.49 bits per heavy atom. The molecule has 272 valence electrons. The zero-order valence-electron chi connectivity index (χ0n) is 28.3. The number of allylic oxidation sites excluding steroid dienone is 1. The maximum Gasteiger partial charge on any atom is 0.416 e. The average Bonchev–Trinajstić information content (AvgIpc) is 3.08. The second-order valence-electron chi connectivity index (χ2n) is 12.1. The first-order valence-electron chi connectivity index (χ1n) is 16.1. The monoisotopic (exact) mass is 709 g/mol. The van der Waals surface area contributed by atoms with E-state index in [1.54, 1.807) is 31.2 Å². The minimum absolute atomic E-state index is 0.0463. The number of ether oxygens (including phenoxy) is 1. The Labute approximate surface area is 294 Å². The fourth-order valence-electron chi connectivity index (χ4n) is 4.84. The lowest BCUT2D eigenvalue weighted by atomic mass is 10.0. The van der Waals surface area contributed by atoms with Gasteiger partial charge in [0.25, 0.3) is 5.91 Å². The molecule has 3 atom stereocenters. The van der Waals surface area contributed by atoms with Crippen molar-refractivity contribution in [1.82, 2.24) is 21.3 Å². The van der Waals surface area contributed by atoms with E-state index in [9.17, 15) is 37.1 Å². The molecule has 5 rings (SSSR count). The molecule has 5 amide bonds. The summed E-state index contributed by atoms with van der Waals surface area (Å²) in [6.45, 7) is 6.54. The third-order valence-corrected chi connectivity index (χ3v) is 7.64. The Hall–Kier alpha value is -5.66. The molecule has 0 radical (unpaired) electrons. The average molecular weight is 710 g/mol. The zero-order chi connectivity index (χ0) is 37.6. The van der Waals surface area contributed by atoms with E-state index in [1.165, 1.54) is 17.7 Å². The summed E-state index contributed by atoms with van der Waals surface area (Å²) < 4.78 is 44.5. The van der Waals surface area contributed by atoms with E-state index >= 15 is 0 Å². The molecule has 51 heavy (non-hydrogen) atoms. The van der Waals surface area contributed by atoms with Crippen molar-refractivity contribution >= 4 is 29.5 Å². The van der Waals surface area contributed by atoms with Crippen LogP contribution in [0.3, 0.4) is 0 Å². The lowest BCUT2D eigenvalue weighted by molar-refractivity contribution is -0.137.